The SMILES string of the molecule is C=N/C=C\C=C(/C)n1cc(N(CC)C(=O)CC2CN(CC)C2=O)c(Cl)n1. The Morgan fingerprint density at radius 1 is 1.54 bits per heavy atom. The van der Waals surface area contributed by atoms with E-state index in [2.05, 4.69) is 16.8 Å². The fraction of sp³-hybridized carbons (Fsp3) is 0.444. The number of aromatic nitrogens is 2. The number of halogens is 1. The molecule has 1 aliphatic heterocycles. The quantitative estimate of drug-likeness (QED) is 0.397. The first kappa shape index (κ1) is 19.9. The third-order valence-electron chi connectivity index (χ3n) is 4.35. The number of anilines is 1. The Balaban J connectivity index is 2.13. The Kier molecular flexibility index (Phi) is 6.74. The molecular weight excluding hydrogens is 354 g/mol. The van der Waals surface area contributed by atoms with Crippen LogP contribution in [0.5, 0.6) is 0 Å². The van der Waals surface area contributed by atoms with Crippen LogP contribution in [0.25, 0.3) is 5.70 Å². The Hall–Kier alpha value is -2.41. The van der Waals surface area contributed by atoms with E-state index in [1.54, 1.807) is 33.0 Å². The molecule has 1 aromatic heterocycles. The predicted octanol–water partition coefficient (Wildman–Crippen LogP) is 2.83. The number of hydrogen-bond acceptors (Lipinski definition) is 4. The van der Waals surface area contributed by atoms with Crippen molar-refractivity contribution in [2.45, 2.75) is 27.2 Å². The maximum Gasteiger partial charge on any atom is 0.228 e. The fourth-order valence-corrected chi connectivity index (χ4v) is 3.08. The monoisotopic (exact) mass is 377 g/mol. The van der Waals surface area contributed by atoms with Gasteiger partial charge in [0.15, 0.2) is 5.15 Å². The zero-order valence-electron chi connectivity index (χ0n) is 15.4. The molecule has 2 amide bonds. The Bertz CT molecular complexity index is 753. The molecule has 26 heavy (non-hydrogen) atoms. The first-order valence-corrected chi connectivity index (χ1v) is 8.94. The molecule has 1 fully saturated rings. The number of allylic oxidation sites excluding steroid dienone is 3. The van der Waals surface area contributed by atoms with Gasteiger partial charge in [-0.2, -0.15) is 5.10 Å². The minimum atomic E-state index is -0.233. The van der Waals surface area contributed by atoms with Crippen LogP contribution in [-0.2, 0) is 9.59 Å². The smallest absolute Gasteiger partial charge is 0.228 e. The van der Waals surface area contributed by atoms with E-state index in [0.717, 1.165) is 5.70 Å². The third kappa shape index (κ3) is 4.22. The lowest BCUT2D eigenvalue weighted by molar-refractivity contribution is -0.149. The van der Waals surface area contributed by atoms with E-state index in [0.29, 0.717) is 25.3 Å². The zero-order valence-corrected chi connectivity index (χ0v) is 16.1. The average molecular weight is 378 g/mol. The second kappa shape index (κ2) is 8.80. The highest BCUT2D eigenvalue weighted by Crippen LogP contribution is 2.28. The van der Waals surface area contributed by atoms with Gasteiger partial charge in [0.2, 0.25) is 11.8 Å². The van der Waals surface area contributed by atoms with E-state index < -0.39 is 0 Å². The van der Waals surface area contributed by atoms with Gasteiger partial charge in [0.05, 0.1) is 12.1 Å². The summed E-state index contributed by atoms with van der Waals surface area (Å²) in [6, 6.07) is 0. The lowest BCUT2D eigenvalue weighted by Crippen LogP contribution is -2.53. The largest absolute Gasteiger partial charge is 0.342 e. The van der Waals surface area contributed by atoms with Gasteiger partial charge in [-0.15, -0.1) is 0 Å². The minimum absolute atomic E-state index is 0.0417. The van der Waals surface area contributed by atoms with Crippen molar-refractivity contribution in [1.29, 1.82) is 0 Å². The summed E-state index contributed by atoms with van der Waals surface area (Å²) in [7, 11) is 0. The summed E-state index contributed by atoms with van der Waals surface area (Å²) in [6.07, 6.45) is 7.01. The van der Waals surface area contributed by atoms with E-state index in [9.17, 15) is 9.59 Å². The number of amides is 2. The summed E-state index contributed by atoms with van der Waals surface area (Å²) in [5.74, 6) is -0.316. The molecule has 0 N–H and O–H groups in total. The molecular formula is C18H24ClN5O2. The Labute approximate surface area is 158 Å². The summed E-state index contributed by atoms with van der Waals surface area (Å²) < 4.78 is 1.61. The lowest BCUT2D eigenvalue weighted by Gasteiger charge is -2.38. The number of hydrogen-bond donors (Lipinski definition) is 0. The van der Waals surface area contributed by atoms with Gasteiger partial charge in [-0.05, 0) is 39.6 Å². The number of likely N-dealkylation sites (tertiary alicyclic amines) is 1. The van der Waals surface area contributed by atoms with E-state index in [-0.39, 0.29) is 29.3 Å². The Morgan fingerprint density at radius 3 is 2.85 bits per heavy atom. The number of nitrogens with zero attached hydrogens (tertiary/aromatic N) is 5. The highest BCUT2D eigenvalue weighted by Gasteiger charge is 2.38. The Morgan fingerprint density at radius 2 is 2.27 bits per heavy atom. The number of carbonyl (C=O) groups excluding carboxylic acids is 2. The second-order valence-electron chi connectivity index (χ2n) is 6.00. The molecule has 1 saturated heterocycles. The van der Waals surface area contributed by atoms with Crippen molar-refractivity contribution in [3.05, 3.63) is 29.7 Å². The maximum absolute atomic E-state index is 12.7. The minimum Gasteiger partial charge on any atom is -0.342 e. The molecule has 8 heteroatoms. The molecule has 140 valence electrons. The average Bonchev–Trinajstić information content (AvgIpc) is 3.00. The van der Waals surface area contributed by atoms with Crippen molar-refractivity contribution < 1.29 is 9.59 Å². The van der Waals surface area contributed by atoms with E-state index in [1.165, 1.54) is 0 Å². The van der Waals surface area contributed by atoms with Crippen molar-refractivity contribution in [1.82, 2.24) is 14.7 Å². The van der Waals surface area contributed by atoms with Crippen LogP contribution in [0.1, 0.15) is 27.2 Å². The van der Waals surface area contributed by atoms with Gasteiger partial charge in [-0.1, -0.05) is 11.6 Å². The summed E-state index contributed by atoms with van der Waals surface area (Å²) in [5, 5.41) is 4.50. The van der Waals surface area contributed by atoms with Gasteiger partial charge in [-0.25, -0.2) is 4.68 Å². The number of aliphatic imine (C=N–C) groups is 1. The molecule has 0 aromatic carbocycles. The van der Waals surface area contributed by atoms with Crippen molar-refractivity contribution in [2.75, 3.05) is 24.5 Å². The topological polar surface area (TPSA) is 70.8 Å². The first-order chi connectivity index (χ1) is 12.4. The van der Waals surface area contributed by atoms with Crippen molar-refractivity contribution in [2.24, 2.45) is 10.9 Å². The zero-order chi connectivity index (χ0) is 19.3. The molecule has 0 aliphatic carbocycles. The van der Waals surface area contributed by atoms with Crippen molar-refractivity contribution in [3.63, 3.8) is 0 Å². The van der Waals surface area contributed by atoms with E-state index >= 15 is 0 Å². The highest BCUT2D eigenvalue weighted by molar-refractivity contribution is 6.32. The van der Waals surface area contributed by atoms with Crippen LogP contribution in [0.15, 0.2) is 29.5 Å². The van der Waals surface area contributed by atoms with Gasteiger partial charge in [0.25, 0.3) is 0 Å². The number of carbonyl (C=O) groups is 2. The summed E-state index contributed by atoms with van der Waals surface area (Å²) >= 11 is 6.25. The molecule has 1 aromatic rings. The van der Waals surface area contributed by atoms with Gasteiger partial charge in [0, 0.05) is 38.0 Å². The first-order valence-electron chi connectivity index (χ1n) is 8.56. The molecule has 0 radical (unpaired) electrons. The van der Waals surface area contributed by atoms with Crippen LogP contribution in [0.3, 0.4) is 0 Å². The van der Waals surface area contributed by atoms with Gasteiger partial charge in [-0.3, -0.25) is 14.6 Å². The summed E-state index contributed by atoms with van der Waals surface area (Å²) in [4.78, 5) is 31.6. The molecule has 1 unspecified atom stereocenters. The molecule has 2 heterocycles. The molecule has 7 nitrogen and oxygen atoms in total. The van der Waals surface area contributed by atoms with Crippen LogP contribution in [0, 0.1) is 5.92 Å². The maximum atomic E-state index is 12.7. The molecule has 0 bridgehead atoms. The van der Waals surface area contributed by atoms with Crippen molar-refractivity contribution >= 4 is 41.5 Å². The van der Waals surface area contributed by atoms with Crippen molar-refractivity contribution in [3.8, 4) is 0 Å². The molecule has 1 aliphatic rings. The predicted molar refractivity (Wildman–Crippen MR) is 104 cm³/mol. The van der Waals surface area contributed by atoms with Crippen LogP contribution in [0.2, 0.25) is 5.15 Å². The fourth-order valence-electron chi connectivity index (χ4n) is 2.84. The molecule has 2 rings (SSSR count). The lowest BCUT2D eigenvalue weighted by atomic mass is 9.94. The third-order valence-corrected chi connectivity index (χ3v) is 4.62. The molecule has 1 atom stereocenters. The van der Waals surface area contributed by atoms with Crippen LogP contribution >= 0.6 is 11.6 Å². The second-order valence-corrected chi connectivity index (χ2v) is 6.36. The summed E-state index contributed by atoms with van der Waals surface area (Å²) in [5.41, 5.74) is 1.35. The molecule has 0 saturated carbocycles. The number of β-lactam (4-membered cyclic amide) rings is 1. The van der Waals surface area contributed by atoms with E-state index in [4.69, 9.17) is 11.6 Å². The summed E-state index contributed by atoms with van der Waals surface area (Å²) in [6.45, 7) is 10.8. The standard InChI is InChI=1S/C18H24ClN5O2/c1-5-22-11-14(18(22)26)10-16(25)23(6-2)15-12-24(21-17(15)19)13(3)8-7-9-20-4/h7-9,12,14H,4-6,10-11H2,1-3H3/b9-7-,13-8+. The van der Waals surface area contributed by atoms with Crippen LogP contribution in [-0.4, -0.2) is 52.8 Å². The van der Waals surface area contributed by atoms with Gasteiger partial charge >= 0.3 is 0 Å². The van der Waals surface area contributed by atoms with Crippen LogP contribution in [0.4, 0.5) is 5.69 Å². The van der Waals surface area contributed by atoms with Crippen LogP contribution < -0.4 is 4.90 Å². The van der Waals surface area contributed by atoms with Gasteiger partial charge < -0.3 is 9.80 Å². The molecule has 0 spiro atoms. The normalized spacial score (nSPS) is 17.5. The highest BCUT2D eigenvalue weighted by atomic mass is 35.5. The van der Waals surface area contributed by atoms with Gasteiger partial charge in [0.1, 0.15) is 5.69 Å². The van der Waals surface area contributed by atoms with E-state index in [1.807, 2.05) is 26.8 Å². The number of rotatable bonds is 8.